The van der Waals surface area contributed by atoms with Gasteiger partial charge in [0.1, 0.15) is 0 Å². The number of hydrogen-bond acceptors (Lipinski definition) is 1. The summed E-state index contributed by atoms with van der Waals surface area (Å²) in [6, 6.07) is 52.6. The van der Waals surface area contributed by atoms with E-state index in [9.17, 15) is 4.79 Å². The Morgan fingerprint density at radius 1 is 0.500 bits per heavy atom. The van der Waals surface area contributed by atoms with Crippen molar-refractivity contribution in [2.24, 2.45) is 0 Å². The Morgan fingerprint density at radius 3 is 1.14 bits per heavy atom. The van der Waals surface area contributed by atoms with Crippen LogP contribution in [-0.4, -0.2) is 17.7 Å². The Bertz CT molecular complexity index is 1310. The highest BCUT2D eigenvalue weighted by molar-refractivity contribution is 7.95. The normalized spacial score (nSPS) is 11.2. The Balaban J connectivity index is 1.69. The second-order valence-electron chi connectivity index (χ2n) is 8.58. The van der Waals surface area contributed by atoms with Crippen LogP contribution in [0.25, 0.3) is 0 Å². The van der Waals surface area contributed by atoms with E-state index in [-0.39, 0.29) is 5.78 Å². The smallest absolute Gasteiger partial charge is 0.161 e. The molecule has 176 valence electrons. The highest BCUT2D eigenvalue weighted by atomic mass is 31.2. The van der Waals surface area contributed by atoms with E-state index < -0.39 is 14.8 Å². The van der Waals surface area contributed by atoms with E-state index in [0.717, 1.165) is 0 Å². The summed E-state index contributed by atoms with van der Waals surface area (Å²) >= 11 is 0. The zero-order valence-corrected chi connectivity index (χ0v) is 21.8. The van der Waals surface area contributed by atoms with Crippen LogP contribution in [0.4, 0.5) is 0 Å². The number of benzene rings is 5. The lowest BCUT2D eigenvalue weighted by atomic mass is 10.4. The Morgan fingerprint density at radius 2 is 0.806 bits per heavy atom. The highest BCUT2D eigenvalue weighted by Gasteiger charge is 2.27. The van der Waals surface area contributed by atoms with E-state index in [0.29, 0.717) is 6.16 Å². The molecular weight excluding hydrogens is 474 g/mol. The van der Waals surface area contributed by atoms with Gasteiger partial charge in [0.05, 0.1) is 0 Å². The van der Waals surface area contributed by atoms with E-state index >= 15 is 0 Å². The molecule has 0 fully saturated rings. The lowest BCUT2D eigenvalue weighted by molar-refractivity contribution is -0.110. The molecule has 0 saturated carbocycles. The molecule has 0 aliphatic carbocycles. The van der Waals surface area contributed by atoms with Crippen molar-refractivity contribution in [3.8, 4) is 0 Å². The molecule has 0 unspecified atom stereocenters. The second-order valence-corrected chi connectivity index (χ2v) is 14.0. The lowest BCUT2D eigenvalue weighted by Crippen LogP contribution is -2.29. The topological polar surface area (TPSA) is 17.1 Å². The first-order valence-corrected chi connectivity index (χ1v) is 15.5. The van der Waals surface area contributed by atoms with Crippen LogP contribution in [0.3, 0.4) is 0 Å². The summed E-state index contributed by atoms with van der Waals surface area (Å²) < 4.78 is 0. The number of carbonyl (C=O) groups is 1. The molecule has 0 heterocycles. The molecule has 0 bridgehead atoms. The predicted octanol–water partition coefficient (Wildman–Crippen LogP) is 5.48. The SMILES string of the molecule is O=C(C=P(c1ccccc1)(c1ccccc1)c1ccccc1)CP(c1ccccc1)c1ccccc1. The minimum Gasteiger partial charge on any atom is -0.294 e. The Hall–Kier alpha value is -3.50. The first kappa shape index (κ1) is 24.2. The summed E-state index contributed by atoms with van der Waals surface area (Å²) in [6.45, 7) is -2.31. The van der Waals surface area contributed by atoms with Crippen molar-refractivity contribution in [1.82, 2.24) is 0 Å². The monoisotopic (exact) mass is 502 g/mol. The van der Waals surface area contributed by atoms with Crippen LogP contribution in [0.2, 0.25) is 0 Å². The van der Waals surface area contributed by atoms with Crippen LogP contribution < -0.4 is 26.5 Å². The van der Waals surface area contributed by atoms with Crippen molar-refractivity contribution < 1.29 is 4.79 Å². The van der Waals surface area contributed by atoms with Gasteiger partial charge in [0.2, 0.25) is 0 Å². The molecule has 0 radical (unpaired) electrons. The first-order chi connectivity index (χ1) is 17.8. The predicted molar refractivity (Wildman–Crippen MR) is 160 cm³/mol. The molecule has 0 amide bonds. The van der Waals surface area contributed by atoms with Gasteiger partial charge in [-0.2, -0.15) is 0 Å². The fourth-order valence-corrected chi connectivity index (χ4v) is 10.7. The first-order valence-electron chi connectivity index (χ1n) is 12.1. The molecule has 0 spiro atoms. The van der Waals surface area contributed by atoms with Gasteiger partial charge >= 0.3 is 0 Å². The molecule has 0 aliphatic rings. The minimum absolute atomic E-state index is 0.193. The number of hydrogen-bond donors (Lipinski definition) is 0. The quantitative estimate of drug-likeness (QED) is 0.257. The average Bonchev–Trinajstić information content (AvgIpc) is 2.97. The van der Waals surface area contributed by atoms with Crippen LogP contribution in [0.15, 0.2) is 152 Å². The standard InChI is InChI=1S/C33H28OP2/c34-28(26-35(29-16-6-1-7-17-29)30-18-8-2-9-19-30)27-36(31-20-10-3-11-21-31,32-22-12-4-13-23-32)33-24-14-5-15-25-33/h1-25,27H,26H2. The molecule has 0 saturated heterocycles. The van der Waals surface area contributed by atoms with Crippen molar-refractivity contribution in [1.29, 1.82) is 0 Å². The summed E-state index contributed by atoms with van der Waals surface area (Å²) in [5, 5.41) is 6.03. The van der Waals surface area contributed by atoms with E-state index in [4.69, 9.17) is 0 Å². The number of carbonyl (C=O) groups excluding carboxylic acids is 1. The van der Waals surface area contributed by atoms with Crippen LogP contribution in [0.5, 0.6) is 0 Å². The van der Waals surface area contributed by atoms with E-state index in [1.54, 1.807) is 0 Å². The van der Waals surface area contributed by atoms with Gasteiger partial charge in [-0.1, -0.05) is 152 Å². The minimum atomic E-state index is -2.31. The maximum atomic E-state index is 14.1. The third kappa shape index (κ3) is 5.19. The molecule has 36 heavy (non-hydrogen) atoms. The molecule has 5 aromatic carbocycles. The second kappa shape index (κ2) is 11.5. The molecular formula is C33H28OP2. The maximum absolute atomic E-state index is 14.1. The van der Waals surface area contributed by atoms with Crippen molar-refractivity contribution in [3.63, 3.8) is 0 Å². The van der Waals surface area contributed by atoms with Gasteiger partial charge in [-0.15, -0.1) is 0 Å². The summed E-state index contributed by atoms with van der Waals surface area (Å²) in [5.74, 6) is 2.27. The van der Waals surface area contributed by atoms with Crippen molar-refractivity contribution in [2.45, 2.75) is 0 Å². The van der Waals surface area contributed by atoms with Crippen molar-refractivity contribution in [3.05, 3.63) is 152 Å². The Labute approximate surface area is 215 Å². The zero-order valence-electron chi connectivity index (χ0n) is 20.0. The van der Waals surface area contributed by atoms with Gasteiger partial charge in [-0.3, -0.25) is 4.79 Å². The van der Waals surface area contributed by atoms with Gasteiger partial charge in [0.25, 0.3) is 0 Å². The largest absolute Gasteiger partial charge is 0.294 e. The fraction of sp³-hybridized carbons (Fsp3) is 0.0303. The third-order valence-corrected chi connectivity index (χ3v) is 12.8. The van der Waals surface area contributed by atoms with Crippen LogP contribution in [0, 0.1) is 0 Å². The van der Waals surface area contributed by atoms with Gasteiger partial charge in [0.15, 0.2) is 5.78 Å². The summed E-state index contributed by atoms with van der Waals surface area (Å²) in [4.78, 5) is 14.1. The third-order valence-electron chi connectivity index (χ3n) is 6.28. The number of rotatable bonds is 8. The number of ketones is 1. The highest BCUT2D eigenvalue weighted by Crippen LogP contribution is 2.44. The Kier molecular flexibility index (Phi) is 7.73. The van der Waals surface area contributed by atoms with E-state index in [2.05, 4.69) is 127 Å². The summed E-state index contributed by atoms with van der Waals surface area (Å²) in [5.41, 5.74) is 0. The van der Waals surface area contributed by atoms with Crippen LogP contribution in [-0.2, 0) is 4.79 Å². The van der Waals surface area contributed by atoms with Crippen LogP contribution in [0.1, 0.15) is 0 Å². The fourth-order valence-electron chi connectivity index (χ4n) is 4.62. The molecule has 0 atom stereocenters. The molecule has 0 aromatic heterocycles. The van der Waals surface area contributed by atoms with Gasteiger partial charge in [-0.25, -0.2) is 0 Å². The molecule has 5 aromatic rings. The molecule has 1 nitrogen and oxygen atoms in total. The van der Waals surface area contributed by atoms with Gasteiger partial charge in [-0.05, 0) is 47.1 Å². The lowest BCUT2D eigenvalue weighted by Gasteiger charge is -2.29. The van der Waals surface area contributed by atoms with Crippen molar-refractivity contribution >= 4 is 52.9 Å². The molecule has 0 aliphatic heterocycles. The van der Waals surface area contributed by atoms with Crippen LogP contribution >= 0.6 is 14.8 Å². The van der Waals surface area contributed by atoms with Gasteiger partial charge in [0, 0.05) is 6.16 Å². The molecule has 0 N–H and O–H groups in total. The molecule has 3 heteroatoms. The van der Waals surface area contributed by atoms with Crippen molar-refractivity contribution in [2.75, 3.05) is 6.16 Å². The average molecular weight is 503 g/mol. The van der Waals surface area contributed by atoms with E-state index in [1.807, 2.05) is 30.3 Å². The maximum Gasteiger partial charge on any atom is 0.161 e. The van der Waals surface area contributed by atoms with Gasteiger partial charge < -0.3 is 0 Å². The van der Waals surface area contributed by atoms with E-state index in [1.165, 1.54) is 26.5 Å². The summed E-state index contributed by atoms with van der Waals surface area (Å²) in [7, 11) is -0.813. The zero-order chi connectivity index (χ0) is 24.6. The molecule has 5 rings (SSSR count). The summed E-state index contributed by atoms with van der Waals surface area (Å²) in [6.07, 6.45) is 0.484. The number of Topliss-reactive ketones (excluding diaryl/α,β-unsaturated/α-hetero) is 1.